The molecule has 3 N–H and O–H groups in total. The van der Waals surface area contributed by atoms with Crippen LogP contribution in [0.15, 0.2) is 0 Å². The van der Waals surface area contributed by atoms with Crippen LogP contribution in [0.2, 0.25) is 0 Å². The maximum Gasteiger partial charge on any atom is 0.0774 e. The van der Waals surface area contributed by atoms with Gasteiger partial charge in [0.1, 0.15) is 0 Å². The molecule has 0 radical (unpaired) electrons. The molecular formula is C11H23NO3. The van der Waals surface area contributed by atoms with Gasteiger partial charge in [0.25, 0.3) is 0 Å². The third-order valence-corrected chi connectivity index (χ3v) is 2.85. The molecule has 0 aliphatic heterocycles. The highest BCUT2D eigenvalue weighted by atomic mass is 16.3. The molecule has 1 aliphatic rings. The summed E-state index contributed by atoms with van der Waals surface area (Å²) in [5, 5.41) is 28.6. The molecule has 15 heavy (non-hydrogen) atoms. The van der Waals surface area contributed by atoms with E-state index in [1.54, 1.807) is 13.8 Å². The van der Waals surface area contributed by atoms with Gasteiger partial charge in [0.15, 0.2) is 0 Å². The Kier molecular flexibility index (Phi) is 4.52. The van der Waals surface area contributed by atoms with Crippen molar-refractivity contribution in [2.75, 3.05) is 19.6 Å². The van der Waals surface area contributed by atoms with E-state index in [9.17, 15) is 15.3 Å². The topological polar surface area (TPSA) is 63.9 Å². The summed E-state index contributed by atoms with van der Waals surface area (Å²) in [5.74, 6) is 0. The summed E-state index contributed by atoms with van der Waals surface area (Å²) in [7, 11) is 0. The molecule has 1 saturated carbocycles. The Bertz CT molecular complexity index is 180. The number of nitrogens with zero attached hydrogens (tertiary/aromatic N) is 1. The van der Waals surface area contributed by atoms with Crippen molar-refractivity contribution in [3.63, 3.8) is 0 Å². The summed E-state index contributed by atoms with van der Waals surface area (Å²) < 4.78 is 0. The van der Waals surface area contributed by atoms with Gasteiger partial charge in [-0.15, -0.1) is 0 Å². The summed E-state index contributed by atoms with van der Waals surface area (Å²) in [6.45, 7) is 5.02. The second kappa shape index (κ2) is 5.25. The van der Waals surface area contributed by atoms with Crippen LogP contribution in [0.1, 0.15) is 33.1 Å². The van der Waals surface area contributed by atoms with Crippen molar-refractivity contribution in [1.82, 2.24) is 4.90 Å². The quantitative estimate of drug-likeness (QED) is 0.584. The summed E-state index contributed by atoms with van der Waals surface area (Å²) in [6, 6.07) is 0. The van der Waals surface area contributed by atoms with E-state index < -0.39 is 17.8 Å². The highest BCUT2D eigenvalue weighted by Gasteiger charge is 2.36. The second-order valence-corrected chi connectivity index (χ2v) is 4.97. The van der Waals surface area contributed by atoms with Crippen molar-refractivity contribution in [3.05, 3.63) is 0 Å². The summed E-state index contributed by atoms with van der Waals surface area (Å²) in [6.07, 6.45) is 1.90. The zero-order valence-corrected chi connectivity index (χ0v) is 9.69. The van der Waals surface area contributed by atoms with Gasteiger partial charge < -0.3 is 15.3 Å². The minimum Gasteiger partial charge on any atom is -0.392 e. The number of aliphatic hydroxyl groups is 3. The fourth-order valence-corrected chi connectivity index (χ4v) is 2.11. The fraction of sp³-hybridized carbons (Fsp3) is 1.00. The Hall–Kier alpha value is -0.160. The maximum atomic E-state index is 10.0. The van der Waals surface area contributed by atoms with Crippen molar-refractivity contribution in [2.45, 2.75) is 50.9 Å². The van der Waals surface area contributed by atoms with Crippen LogP contribution in [0.5, 0.6) is 0 Å². The summed E-state index contributed by atoms with van der Waals surface area (Å²) >= 11 is 0. The third-order valence-electron chi connectivity index (χ3n) is 2.85. The molecule has 0 amide bonds. The Morgan fingerprint density at radius 1 is 1.13 bits per heavy atom. The molecule has 4 heteroatoms. The van der Waals surface area contributed by atoms with Crippen molar-refractivity contribution >= 4 is 0 Å². The molecule has 0 aromatic rings. The molecule has 0 aromatic heterocycles. The van der Waals surface area contributed by atoms with Gasteiger partial charge in [-0.05, 0) is 33.1 Å². The Labute approximate surface area is 91.5 Å². The highest BCUT2D eigenvalue weighted by Crippen LogP contribution is 2.32. The average Bonchev–Trinajstić information content (AvgIpc) is 1.98. The SMILES string of the molecule is CC(O)CN(CC(C)O)CC1(O)CCC1. The minimum atomic E-state index is -0.580. The zero-order valence-electron chi connectivity index (χ0n) is 9.69. The van der Waals surface area contributed by atoms with Crippen molar-refractivity contribution in [2.24, 2.45) is 0 Å². The molecular weight excluding hydrogens is 194 g/mol. The maximum absolute atomic E-state index is 10.0. The minimum absolute atomic E-state index is 0.424. The van der Waals surface area contributed by atoms with Gasteiger partial charge in [-0.25, -0.2) is 0 Å². The molecule has 0 aromatic carbocycles. The van der Waals surface area contributed by atoms with Crippen LogP contribution in [-0.2, 0) is 0 Å². The molecule has 2 unspecified atom stereocenters. The van der Waals surface area contributed by atoms with E-state index in [4.69, 9.17) is 0 Å². The average molecular weight is 217 g/mol. The predicted octanol–water partition coefficient (Wildman–Crippen LogP) is -0.0350. The van der Waals surface area contributed by atoms with E-state index in [-0.39, 0.29) is 0 Å². The number of hydrogen-bond acceptors (Lipinski definition) is 4. The first-order chi connectivity index (χ1) is 6.91. The second-order valence-electron chi connectivity index (χ2n) is 4.97. The van der Waals surface area contributed by atoms with Gasteiger partial charge in [0, 0.05) is 19.6 Å². The highest BCUT2D eigenvalue weighted by molar-refractivity contribution is 4.90. The van der Waals surface area contributed by atoms with Crippen LogP contribution < -0.4 is 0 Å². The fourth-order valence-electron chi connectivity index (χ4n) is 2.11. The van der Waals surface area contributed by atoms with E-state index in [1.807, 2.05) is 4.90 Å². The lowest BCUT2D eigenvalue weighted by molar-refractivity contribution is -0.0689. The van der Waals surface area contributed by atoms with Crippen LogP contribution in [0.3, 0.4) is 0 Å². The Balaban J connectivity index is 2.40. The molecule has 0 heterocycles. The number of hydrogen-bond donors (Lipinski definition) is 3. The number of rotatable bonds is 6. The molecule has 90 valence electrons. The van der Waals surface area contributed by atoms with Crippen LogP contribution in [0.4, 0.5) is 0 Å². The van der Waals surface area contributed by atoms with Gasteiger partial charge in [0.05, 0.1) is 17.8 Å². The van der Waals surface area contributed by atoms with E-state index in [0.29, 0.717) is 19.6 Å². The molecule has 0 spiro atoms. The largest absolute Gasteiger partial charge is 0.392 e. The summed E-state index contributed by atoms with van der Waals surface area (Å²) in [4.78, 5) is 1.94. The molecule has 2 atom stereocenters. The zero-order chi connectivity index (χ0) is 11.5. The first kappa shape index (κ1) is 12.9. The smallest absolute Gasteiger partial charge is 0.0774 e. The van der Waals surface area contributed by atoms with Crippen LogP contribution in [-0.4, -0.2) is 57.7 Å². The molecule has 1 rings (SSSR count). The van der Waals surface area contributed by atoms with Crippen molar-refractivity contribution in [1.29, 1.82) is 0 Å². The van der Waals surface area contributed by atoms with Crippen molar-refractivity contribution in [3.8, 4) is 0 Å². The van der Waals surface area contributed by atoms with Crippen LogP contribution in [0, 0.1) is 0 Å². The van der Waals surface area contributed by atoms with E-state index in [1.165, 1.54) is 0 Å². The van der Waals surface area contributed by atoms with Gasteiger partial charge in [-0.2, -0.15) is 0 Å². The number of aliphatic hydroxyl groups excluding tert-OH is 2. The third kappa shape index (κ3) is 4.47. The lowest BCUT2D eigenvalue weighted by Gasteiger charge is -2.41. The van der Waals surface area contributed by atoms with Gasteiger partial charge in [-0.1, -0.05) is 0 Å². The first-order valence-corrected chi connectivity index (χ1v) is 5.72. The Morgan fingerprint density at radius 3 is 1.87 bits per heavy atom. The molecule has 4 nitrogen and oxygen atoms in total. The predicted molar refractivity (Wildman–Crippen MR) is 58.6 cm³/mol. The van der Waals surface area contributed by atoms with Crippen LogP contribution >= 0.6 is 0 Å². The van der Waals surface area contributed by atoms with Gasteiger partial charge >= 0.3 is 0 Å². The van der Waals surface area contributed by atoms with Crippen molar-refractivity contribution < 1.29 is 15.3 Å². The molecule has 0 bridgehead atoms. The van der Waals surface area contributed by atoms with Gasteiger partial charge in [-0.3, -0.25) is 4.90 Å². The first-order valence-electron chi connectivity index (χ1n) is 5.72. The molecule has 1 aliphatic carbocycles. The molecule has 1 fully saturated rings. The van der Waals surface area contributed by atoms with E-state index in [0.717, 1.165) is 19.3 Å². The standard InChI is InChI=1S/C11H23NO3/c1-9(13)6-12(7-10(2)14)8-11(15)4-3-5-11/h9-10,13-15H,3-8H2,1-2H3. The lowest BCUT2D eigenvalue weighted by atomic mass is 9.80. The van der Waals surface area contributed by atoms with Crippen LogP contribution in [0.25, 0.3) is 0 Å². The monoisotopic (exact) mass is 217 g/mol. The van der Waals surface area contributed by atoms with E-state index in [2.05, 4.69) is 0 Å². The van der Waals surface area contributed by atoms with Gasteiger partial charge in [0.2, 0.25) is 0 Å². The molecule has 0 saturated heterocycles. The lowest BCUT2D eigenvalue weighted by Crippen LogP contribution is -2.50. The Morgan fingerprint density at radius 2 is 1.60 bits per heavy atom. The summed E-state index contributed by atoms with van der Waals surface area (Å²) in [5.41, 5.74) is -0.580. The normalized spacial score (nSPS) is 23.6. The van der Waals surface area contributed by atoms with E-state index >= 15 is 0 Å².